The third-order valence-corrected chi connectivity index (χ3v) is 2.61. The molecule has 1 N–H and O–H groups in total. The first-order chi connectivity index (χ1) is 4.81. The van der Waals surface area contributed by atoms with E-state index in [1.54, 1.807) is 0 Å². The monoisotopic (exact) mass is 141 g/mol. The Morgan fingerprint density at radius 3 is 2.70 bits per heavy atom. The summed E-state index contributed by atoms with van der Waals surface area (Å²) in [4.78, 5) is 0. The zero-order chi connectivity index (χ0) is 7.03. The predicted molar refractivity (Wildman–Crippen MR) is 40.0 cm³/mol. The van der Waals surface area contributed by atoms with E-state index < -0.39 is 0 Å². The molecule has 0 aromatic carbocycles. The zero-order valence-electron chi connectivity index (χ0n) is 6.52. The Bertz CT molecular complexity index is 131. The third kappa shape index (κ3) is 0.956. The van der Waals surface area contributed by atoms with Crippen molar-refractivity contribution in [3.8, 4) is 0 Å². The zero-order valence-corrected chi connectivity index (χ0v) is 6.52. The summed E-state index contributed by atoms with van der Waals surface area (Å²) < 4.78 is 5.48. The van der Waals surface area contributed by atoms with Gasteiger partial charge in [-0.3, -0.25) is 0 Å². The van der Waals surface area contributed by atoms with Crippen molar-refractivity contribution in [2.75, 3.05) is 13.2 Å². The van der Waals surface area contributed by atoms with Crippen molar-refractivity contribution in [1.29, 1.82) is 0 Å². The van der Waals surface area contributed by atoms with Crippen LogP contribution in [0.4, 0.5) is 0 Å². The van der Waals surface area contributed by atoms with E-state index in [1.807, 2.05) is 0 Å². The van der Waals surface area contributed by atoms with Crippen LogP contribution in [-0.4, -0.2) is 24.8 Å². The van der Waals surface area contributed by atoms with E-state index in [2.05, 4.69) is 12.2 Å². The standard InChI is InChI=1S/C8H15NO/c1-7-5-10-6-8(9-7)3-2-4-8/h7,9H,2-6H2,1H3. The van der Waals surface area contributed by atoms with Crippen molar-refractivity contribution in [3.05, 3.63) is 0 Å². The third-order valence-electron chi connectivity index (χ3n) is 2.61. The summed E-state index contributed by atoms with van der Waals surface area (Å²) in [6.07, 6.45) is 4.01. The van der Waals surface area contributed by atoms with Gasteiger partial charge >= 0.3 is 0 Å². The van der Waals surface area contributed by atoms with Gasteiger partial charge in [-0.2, -0.15) is 0 Å². The second-order valence-corrected chi connectivity index (χ2v) is 3.69. The van der Waals surface area contributed by atoms with Gasteiger partial charge < -0.3 is 10.1 Å². The number of nitrogens with one attached hydrogen (secondary N) is 1. The summed E-state index contributed by atoms with van der Waals surface area (Å²) in [6.45, 7) is 4.03. The predicted octanol–water partition coefficient (Wildman–Crippen LogP) is 0.917. The Morgan fingerprint density at radius 1 is 1.50 bits per heavy atom. The van der Waals surface area contributed by atoms with Gasteiger partial charge in [-0.05, 0) is 26.2 Å². The van der Waals surface area contributed by atoms with Crippen LogP contribution in [0, 0.1) is 0 Å². The van der Waals surface area contributed by atoms with Gasteiger partial charge in [-0.15, -0.1) is 0 Å². The molecule has 2 heteroatoms. The summed E-state index contributed by atoms with van der Waals surface area (Å²) in [5.74, 6) is 0. The van der Waals surface area contributed by atoms with Gasteiger partial charge in [0.2, 0.25) is 0 Å². The molecule has 1 atom stereocenters. The van der Waals surface area contributed by atoms with Crippen LogP contribution in [-0.2, 0) is 4.74 Å². The Morgan fingerprint density at radius 2 is 2.30 bits per heavy atom. The lowest BCUT2D eigenvalue weighted by atomic mass is 9.76. The lowest BCUT2D eigenvalue weighted by Gasteiger charge is -2.47. The molecular formula is C8H15NO. The van der Waals surface area contributed by atoms with Gasteiger partial charge in [0, 0.05) is 11.6 Å². The first-order valence-corrected chi connectivity index (χ1v) is 4.16. The summed E-state index contributed by atoms with van der Waals surface area (Å²) in [7, 11) is 0. The average Bonchev–Trinajstić information content (AvgIpc) is 1.85. The number of rotatable bonds is 0. The Kier molecular flexibility index (Phi) is 1.46. The largest absolute Gasteiger partial charge is 0.378 e. The molecule has 1 saturated carbocycles. The Hall–Kier alpha value is -0.0800. The Labute approximate surface area is 61.9 Å². The normalized spacial score (nSPS) is 37.5. The quantitative estimate of drug-likeness (QED) is 0.541. The van der Waals surface area contributed by atoms with Gasteiger partial charge in [-0.25, -0.2) is 0 Å². The summed E-state index contributed by atoms with van der Waals surface area (Å²) in [5, 5.41) is 3.60. The molecule has 2 aliphatic rings. The first-order valence-electron chi connectivity index (χ1n) is 4.16. The Balaban J connectivity index is 1.96. The molecule has 2 fully saturated rings. The molecule has 2 rings (SSSR count). The van der Waals surface area contributed by atoms with Crippen LogP contribution in [0.3, 0.4) is 0 Å². The maximum Gasteiger partial charge on any atom is 0.0649 e. The fourth-order valence-corrected chi connectivity index (χ4v) is 1.93. The number of hydrogen-bond acceptors (Lipinski definition) is 2. The van der Waals surface area contributed by atoms with Crippen LogP contribution in [0.2, 0.25) is 0 Å². The van der Waals surface area contributed by atoms with Crippen molar-refractivity contribution < 1.29 is 4.74 Å². The van der Waals surface area contributed by atoms with Gasteiger partial charge in [-0.1, -0.05) is 0 Å². The molecular weight excluding hydrogens is 126 g/mol. The summed E-state index contributed by atoms with van der Waals surface area (Å²) >= 11 is 0. The minimum Gasteiger partial charge on any atom is -0.378 e. The van der Waals surface area contributed by atoms with Gasteiger partial charge in [0.1, 0.15) is 0 Å². The van der Waals surface area contributed by atoms with E-state index in [0.29, 0.717) is 11.6 Å². The van der Waals surface area contributed by atoms with E-state index in [9.17, 15) is 0 Å². The lowest BCUT2D eigenvalue weighted by molar-refractivity contribution is -0.0321. The minimum absolute atomic E-state index is 0.400. The van der Waals surface area contributed by atoms with Crippen molar-refractivity contribution in [3.63, 3.8) is 0 Å². The summed E-state index contributed by atoms with van der Waals surface area (Å²) in [5.41, 5.74) is 0.400. The minimum atomic E-state index is 0.400. The second-order valence-electron chi connectivity index (χ2n) is 3.69. The van der Waals surface area contributed by atoms with E-state index in [0.717, 1.165) is 13.2 Å². The van der Waals surface area contributed by atoms with Crippen LogP contribution in [0.15, 0.2) is 0 Å². The first kappa shape index (κ1) is 6.62. The van der Waals surface area contributed by atoms with Crippen molar-refractivity contribution in [2.45, 2.75) is 37.8 Å². The van der Waals surface area contributed by atoms with E-state index in [4.69, 9.17) is 4.74 Å². The summed E-state index contributed by atoms with van der Waals surface area (Å²) in [6, 6.07) is 0.564. The molecule has 1 aliphatic carbocycles. The molecule has 1 unspecified atom stereocenters. The van der Waals surface area contributed by atoms with E-state index in [-0.39, 0.29) is 0 Å². The topological polar surface area (TPSA) is 21.3 Å². The van der Waals surface area contributed by atoms with Crippen molar-refractivity contribution in [2.24, 2.45) is 0 Å². The molecule has 1 aliphatic heterocycles. The maximum atomic E-state index is 5.48. The van der Waals surface area contributed by atoms with E-state index in [1.165, 1.54) is 19.3 Å². The number of ether oxygens (including phenoxy) is 1. The highest BCUT2D eigenvalue weighted by Gasteiger charge is 2.40. The van der Waals surface area contributed by atoms with Crippen molar-refractivity contribution >= 4 is 0 Å². The molecule has 2 nitrogen and oxygen atoms in total. The van der Waals surface area contributed by atoms with Gasteiger partial charge in [0.25, 0.3) is 0 Å². The molecule has 1 heterocycles. The molecule has 58 valence electrons. The molecule has 0 aromatic rings. The van der Waals surface area contributed by atoms with E-state index >= 15 is 0 Å². The van der Waals surface area contributed by atoms with Gasteiger partial charge in [0.05, 0.1) is 13.2 Å². The van der Waals surface area contributed by atoms with Gasteiger partial charge in [0.15, 0.2) is 0 Å². The van der Waals surface area contributed by atoms with Crippen LogP contribution in [0.5, 0.6) is 0 Å². The molecule has 0 aromatic heterocycles. The average molecular weight is 141 g/mol. The fourth-order valence-electron chi connectivity index (χ4n) is 1.93. The smallest absolute Gasteiger partial charge is 0.0649 e. The van der Waals surface area contributed by atoms with Crippen LogP contribution in [0.1, 0.15) is 26.2 Å². The molecule has 1 saturated heterocycles. The molecule has 10 heavy (non-hydrogen) atoms. The number of morpholine rings is 1. The highest BCUT2D eigenvalue weighted by atomic mass is 16.5. The molecule has 0 radical (unpaired) electrons. The van der Waals surface area contributed by atoms with Crippen molar-refractivity contribution in [1.82, 2.24) is 5.32 Å². The highest BCUT2D eigenvalue weighted by Crippen LogP contribution is 2.34. The second kappa shape index (κ2) is 2.21. The molecule has 1 spiro atoms. The van der Waals surface area contributed by atoms with Crippen LogP contribution in [0.25, 0.3) is 0 Å². The number of hydrogen-bond donors (Lipinski definition) is 1. The molecule has 0 amide bonds. The lowest BCUT2D eigenvalue weighted by Crippen LogP contribution is -2.61. The molecule has 0 bridgehead atoms. The SMILES string of the molecule is CC1COCC2(CCC2)N1. The fraction of sp³-hybridized carbons (Fsp3) is 1.00. The maximum absolute atomic E-state index is 5.48. The van der Waals surface area contributed by atoms with Crippen LogP contribution >= 0.6 is 0 Å². The van der Waals surface area contributed by atoms with Crippen LogP contribution < -0.4 is 5.32 Å². The highest BCUT2D eigenvalue weighted by molar-refractivity contribution is 4.99.